The number of halogens is 1. The van der Waals surface area contributed by atoms with Gasteiger partial charge in [0.1, 0.15) is 22.9 Å². The number of aryl methyl sites for hydroxylation is 2. The Balaban J connectivity index is 1.87. The van der Waals surface area contributed by atoms with Crippen molar-refractivity contribution in [1.29, 1.82) is 0 Å². The number of hydrogen-bond acceptors (Lipinski definition) is 5. The monoisotopic (exact) mass is 348 g/mol. The van der Waals surface area contributed by atoms with Gasteiger partial charge in [0, 0.05) is 5.56 Å². The maximum Gasteiger partial charge on any atom is 0.342 e. The molecule has 0 radical (unpaired) electrons. The van der Waals surface area contributed by atoms with Crippen LogP contribution in [0.25, 0.3) is 0 Å². The highest BCUT2D eigenvalue weighted by Crippen LogP contribution is 2.21. The molecule has 2 N–H and O–H groups in total. The van der Waals surface area contributed by atoms with Gasteiger partial charge in [-0.3, -0.25) is 10.1 Å². The second kappa shape index (κ2) is 7.61. The first-order valence-corrected chi connectivity index (χ1v) is 7.38. The summed E-state index contributed by atoms with van der Waals surface area (Å²) in [6.45, 7) is 4.36. The molecule has 0 aliphatic rings. The van der Waals surface area contributed by atoms with Gasteiger partial charge in [0.2, 0.25) is 0 Å². The number of amides is 3. The molecule has 0 fully saturated rings. The molecule has 1 aromatic carbocycles. The molecule has 8 heteroatoms. The third kappa shape index (κ3) is 4.43. The quantitative estimate of drug-likeness (QED) is 0.828. The second-order valence-electron chi connectivity index (χ2n) is 5.27. The molecular weight excluding hydrogens is 331 g/mol. The number of esters is 1. The lowest BCUT2D eigenvalue weighted by molar-refractivity contribution is -0.123. The van der Waals surface area contributed by atoms with E-state index in [-0.39, 0.29) is 11.3 Å². The Labute approximate surface area is 143 Å². The van der Waals surface area contributed by atoms with Crippen LogP contribution in [0.15, 0.2) is 28.7 Å². The van der Waals surface area contributed by atoms with E-state index < -0.39 is 30.3 Å². The number of benzene rings is 1. The Morgan fingerprint density at radius 1 is 1.12 bits per heavy atom. The minimum absolute atomic E-state index is 0.0788. The Morgan fingerprint density at radius 3 is 2.40 bits per heavy atom. The molecule has 0 saturated carbocycles. The first kappa shape index (κ1) is 18.2. The predicted octanol–water partition coefficient (Wildman–Crippen LogP) is 2.85. The summed E-state index contributed by atoms with van der Waals surface area (Å²) in [5.41, 5.74) is 0.797. The van der Waals surface area contributed by atoms with Crippen molar-refractivity contribution < 1.29 is 27.9 Å². The summed E-state index contributed by atoms with van der Waals surface area (Å²) < 4.78 is 23.6. The predicted molar refractivity (Wildman–Crippen MR) is 86.8 cm³/mol. The number of ether oxygens (including phenoxy) is 1. The lowest BCUT2D eigenvalue weighted by atomic mass is 10.1. The Bertz CT molecular complexity index is 828. The number of furan rings is 1. The minimum Gasteiger partial charge on any atom is -0.465 e. The zero-order valence-electron chi connectivity index (χ0n) is 13.9. The van der Waals surface area contributed by atoms with Crippen molar-refractivity contribution in [3.63, 3.8) is 0 Å². The molecule has 1 heterocycles. The SMILES string of the molecule is Cc1oc(C)c(C(=O)OCC(=O)NC(=O)Nc2ccccc2F)c1C. The van der Waals surface area contributed by atoms with E-state index in [1.807, 2.05) is 5.32 Å². The summed E-state index contributed by atoms with van der Waals surface area (Å²) >= 11 is 0. The fraction of sp³-hybridized carbons (Fsp3) is 0.235. The highest BCUT2D eigenvalue weighted by molar-refractivity contribution is 6.02. The summed E-state index contributed by atoms with van der Waals surface area (Å²) in [5.74, 6) is -1.25. The fourth-order valence-electron chi connectivity index (χ4n) is 2.18. The largest absolute Gasteiger partial charge is 0.465 e. The van der Waals surface area contributed by atoms with Gasteiger partial charge in [-0.15, -0.1) is 0 Å². The van der Waals surface area contributed by atoms with Gasteiger partial charge in [0.25, 0.3) is 5.91 Å². The average Bonchev–Trinajstić information content (AvgIpc) is 2.80. The molecule has 1 aromatic heterocycles. The lowest BCUT2D eigenvalue weighted by Gasteiger charge is -2.08. The summed E-state index contributed by atoms with van der Waals surface area (Å²) in [4.78, 5) is 35.3. The van der Waals surface area contributed by atoms with E-state index in [4.69, 9.17) is 9.15 Å². The molecule has 2 rings (SSSR count). The molecule has 0 spiro atoms. The molecule has 0 unspecified atom stereocenters. The number of anilines is 1. The third-order valence-electron chi connectivity index (χ3n) is 3.47. The van der Waals surface area contributed by atoms with Gasteiger partial charge in [-0.1, -0.05) is 12.1 Å². The number of hydrogen-bond donors (Lipinski definition) is 2. The summed E-state index contributed by atoms with van der Waals surface area (Å²) in [6.07, 6.45) is 0. The van der Waals surface area contributed by atoms with Gasteiger partial charge < -0.3 is 14.5 Å². The van der Waals surface area contributed by atoms with E-state index in [1.54, 1.807) is 20.8 Å². The van der Waals surface area contributed by atoms with Crippen molar-refractivity contribution in [2.24, 2.45) is 0 Å². The highest BCUT2D eigenvalue weighted by atomic mass is 19.1. The van der Waals surface area contributed by atoms with Gasteiger partial charge in [0.15, 0.2) is 6.61 Å². The second-order valence-corrected chi connectivity index (χ2v) is 5.27. The fourth-order valence-corrected chi connectivity index (χ4v) is 2.18. The van der Waals surface area contributed by atoms with Gasteiger partial charge in [-0.25, -0.2) is 14.0 Å². The molecule has 132 valence electrons. The number of carbonyl (C=O) groups is 3. The Hall–Kier alpha value is -3.16. The molecule has 2 aromatic rings. The lowest BCUT2D eigenvalue weighted by Crippen LogP contribution is -2.37. The smallest absolute Gasteiger partial charge is 0.342 e. The van der Waals surface area contributed by atoms with Crippen LogP contribution in [-0.2, 0) is 9.53 Å². The molecule has 0 bridgehead atoms. The molecule has 25 heavy (non-hydrogen) atoms. The van der Waals surface area contributed by atoms with E-state index in [2.05, 4.69) is 5.32 Å². The van der Waals surface area contributed by atoms with Crippen molar-refractivity contribution in [2.75, 3.05) is 11.9 Å². The average molecular weight is 348 g/mol. The van der Waals surface area contributed by atoms with Crippen LogP contribution in [0.2, 0.25) is 0 Å². The van der Waals surface area contributed by atoms with Crippen LogP contribution < -0.4 is 10.6 Å². The van der Waals surface area contributed by atoms with Crippen molar-refractivity contribution in [1.82, 2.24) is 5.32 Å². The number of carbonyl (C=O) groups excluding carboxylic acids is 3. The topological polar surface area (TPSA) is 97.6 Å². The minimum atomic E-state index is -0.933. The molecule has 0 aliphatic carbocycles. The molecule has 0 saturated heterocycles. The van der Waals surface area contributed by atoms with Crippen LogP contribution in [0.4, 0.5) is 14.9 Å². The first-order chi connectivity index (χ1) is 11.8. The van der Waals surface area contributed by atoms with Gasteiger partial charge in [-0.05, 0) is 32.9 Å². The molecule has 0 atom stereocenters. The number of urea groups is 1. The van der Waals surface area contributed by atoms with E-state index in [1.165, 1.54) is 18.2 Å². The molecule has 0 aliphatic heterocycles. The Morgan fingerprint density at radius 2 is 1.80 bits per heavy atom. The van der Waals surface area contributed by atoms with E-state index in [0.717, 1.165) is 6.07 Å². The van der Waals surface area contributed by atoms with Crippen LogP contribution in [0.3, 0.4) is 0 Å². The van der Waals surface area contributed by atoms with Crippen molar-refractivity contribution in [3.05, 3.63) is 52.7 Å². The van der Waals surface area contributed by atoms with Crippen LogP contribution in [0, 0.1) is 26.6 Å². The number of rotatable bonds is 4. The first-order valence-electron chi connectivity index (χ1n) is 7.38. The molecule has 7 nitrogen and oxygen atoms in total. The summed E-state index contributed by atoms with van der Waals surface area (Å²) in [7, 11) is 0. The van der Waals surface area contributed by atoms with E-state index in [9.17, 15) is 18.8 Å². The summed E-state index contributed by atoms with van der Waals surface area (Å²) in [6, 6.07) is 4.56. The maximum atomic E-state index is 13.4. The zero-order valence-corrected chi connectivity index (χ0v) is 13.9. The van der Waals surface area contributed by atoms with Crippen LogP contribution >= 0.6 is 0 Å². The number of imide groups is 1. The van der Waals surface area contributed by atoms with Crippen LogP contribution in [0.5, 0.6) is 0 Å². The Kier molecular flexibility index (Phi) is 5.53. The van der Waals surface area contributed by atoms with Gasteiger partial charge in [0.05, 0.1) is 5.69 Å². The number of para-hydroxylation sites is 1. The standard InChI is InChI=1S/C17H17FN2O5/c1-9-10(2)25-11(3)15(9)16(22)24-8-14(21)20-17(23)19-13-7-5-4-6-12(13)18/h4-7H,8H2,1-3H3,(H2,19,20,21,23). The van der Waals surface area contributed by atoms with Crippen LogP contribution in [-0.4, -0.2) is 24.5 Å². The van der Waals surface area contributed by atoms with E-state index in [0.29, 0.717) is 17.1 Å². The highest BCUT2D eigenvalue weighted by Gasteiger charge is 2.21. The van der Waals surface area contributed by atoms with Crippen LogP contribution in [0.1, 0.15) is 27.4 Å². The summed E-state index contributed by atoms with van der Waals surface area (Å²) in [5, 5.41) is 4.12. The van der Waals surface area contributed by atoms with Crippen molar-refractivity contribution in [3.8, 4) is 0 Å². The van der Waals surface area contributed by atoms with Crippen molar-refractivity contribution >= 4 is 23.6 Å². The van der Waals surface area contributed by atoms with Gasteiger partial charge in [-0.2, -0.15) is 0 Å². The number of nitrogens with one attached hydrogen (secondary N) is 2. The molecular formula is C17H17FN2O5. The third-order valence-corrected chi connectivity index (χ3v) is 3.47. The van der Waals surface area contributed by atoms with Crippen molar-refractivity contribution in [2.45, 2.75) is 20.8 Å². The maximum absolute atomic E-state index is 13.4. The molecule has 3 amide bonds. The van der Waals surface area contributed by atoms with Gasteiger partial charge >= 0.3 is 12.0 Å². The zero-order chi connectivity index (χ0) is 18.6. The normalized spacial score (nSPS) is 10.2. The van der Waals surface area contributed by atoms with E-state index >= 15 is 0 Å².